The normalized spacial score (nSPS) is 16.2. The summed E-state index contributed by atoms with van der Waals surface area (Å²) in [6.45, 7) is 1.92. The number of benzene rings is 1. The lowest BCUT2D eigenvalue weighted by atomic mass is 10.0. The number of carbonyl (C=O) groups is 1. The van der Waals surface area contributed by atoms with Crippen LogP contribution in [0.15, 0.2) is 18.2 Å². The molecule has 0 saturated heterocycles. The molecular formula is C12H14ClNO2. The zero-order valence-electron chi connectivity index (χ0n) is 9.13. The van der Waals surface area contributed by atoms with Crippen molar-refractivity contribution in [2.24, 2.45) is 0 Å². The first kappa shape index (κ1) is 11.3. The molecule has 1 amide bonds. The van der Waals surface area contributed by atoms with Crippen LogP contribution in [-0.2, 0) is 11.2 Å². The quantitative estimate of drug-likeness (QED) is 0.824. The molecule has 3 nitrogen and oxygen atoms in total. The maximum absolute atomic E-state index is 11.2. The molecule has 0 spiro atoms. The predicted molar refractivity (Wildman–Crippen MR) is 64.2 cm³/mol. The molecule has 1 unspecified atom stereocenters. The van der Waals surface area contributed by atoms with Gasteiger partial charge < -0.3 is 10.1 Å². The largest absolute Gasteiger partial charge is 0.489 e. The van der Waals surface area contributed by atoms with Crippen molar-refractivity contribution in [2.75, 3.05) is 11.2 Å². The molecule has 1 aliphatic heterocycles. The van der Waals surface area contributed by atoms with E-state index in [1.165, 1.54) is 0 Å². The number of fused-ring (bicyclic) bond motifs is 1. The lowest BCUT2D eigenvalue weighted by Gasteiger charge is -2.21. The van der Waals surface area contributed by atoms with E-state index in [2.05, 4.69) is 5.32 Å². The highest BCUT2D eigenvalue weighted by Crippen LogP contribution is 2.31. The molecule has 1 heterocycles. The standard InChI is InChI=1S/C12H14ClNO2/c1-8(7-13)16-11-4-2-3-10-9(11)5-6-12(15)14-10/h2-4,8H,5-7H2,1H3,(H,14,15). The Bertz CT molecular complexity index is 406. The summed E-state index contributed by atoms with van der Waals surface area (Å²) in [6, 6.07) is 5.69. The third kappa shape index (κ3) is 2.30. The third-order valence-corrected chi connectivity index (χ3v) is 2.99. The highest BCUT2D eigenvalue weighted by Gasteiger charge is 2.18. The first-order chi connectivity index (χ1) is 7.70. The van der Waals surface area contributed by atoms with Gasteiger partial charge in [0.15, 0.2) is 0 Å². The molecule has 0 radical (unpaired) electrons. The van der Waals surface area contributed by atoms with Crippen molar-refractivity contribution in [2.45, 2.75) is 25.9 Å². The minimum atomic E-state index is -0.0224. The number of nitrogens with one attached hydrogen (secondary N) is 1. The van der Waals surface area contributed by atoms with Crippen molar-refractivity contribution < 1.29 is 9.53 Å². The molecule has 0 bridgehead atoms. The number of carbonyl (C=O) groups excluding carboxylic acids is 1. The summed E-state index contributed by atoms with van der Waals surface area (Å²) in [5.41, 5.74) is 1.93. The predicted octanol–water partition coefficient (Wildman–Crippen LogP) is 2.58. The zero-order valence-corrected chi connectivity index (χ0v) is 9.88. The van der Waals surface area contributed by atoms with Gasteiger partial charge in [-0.1, -0.05) is 6.07 Å². The van der Waals surface area contributed by atoms with Crippen molar-refractivity contribution >= 4 is 23.2 Å². The Morgan fingerprint density at radius 2 is 2.31 bits per heavy atom. The van der Waals surface area contributed by atoms with E-state index in [9.17, 15) is 4.79 Å². The number of hydrogen-bond donors (Lipinski definition) is 1. The molecule has 16 heavy (non-hydrogen) atoms. The number of hydrogen-bond acceptors (Lipinski definition) is 2. The second kappa shape index (κ2) is 4.74. The fourth-order valence-corrected chi connectivity index (χ4v) is 1.81. The second-order valence-electron chi connectivity index (χ2n) is 3.91. The molecular weight excluding hydrogens is 226 g/mol. The summed E-state index contributed by atoms with van der Waals surface area (Å²) in [5, 5.41) is 2.84. The number of amides is 1. The molecule has 2 rings (SSSR count). The second-order valence-corrected chi connectivity index (χ2v) is 4.22. The van der Waals surface area contributed by atoms with Crippen molar-refractivity contribution in [1.29, 1.82) is 0 Å². The fraction of sp³-hybridized carbons (Fsp3) is 0.417. The molecule has 1 aromatic carbocycles. The molecule has 0 saturated carbocycles. The number of alkyl halides is 1. The number of rotatable bonds is 3. The lowest BCUT2D eigenvalue weighted by Crippen LogP contribution is -2.21. The van der Waals surface area contributed by atoms with Gasteiger partial charge in [0.1, 0.15) is 11.9 Å². The van der Waals surface area contributed by atoms with Crippen LogP contribution in [0.4, 0.5) is 5.69 Å². The van der Waals surface area contributed by atoms with Crippen LogP contribution in [0.3, 0.4) is 0 Å². The molecule has 0 fully saturated rings. The smallest absolute Gasteiger partial charge is 0.224 e. The van der Waals surface area contributed by atoms with Gasteiger partial charge in [-0.2, -0.15) is 0 Å². The van der Waals surface area contributed by atoms with E-state index in [1.807, 2.05) is 25.1 Å². The number of halogens is 1. The maximum atomic E-state index is 11.2. The minimum Gasteiger partial charge on any atom is -0.489 e. The Labute approximate surface area is 99.7 Å². The average molecular weight is 240 g/mol. The van der Waals surface area contributed by atoms with Gasteiger partial charge >= 0.3 is 0 Å². The summed E-state index contributed by atoms with van der Waals surface area (Å²) < 4.78 is 5.71. The Hall–Kier alpha value is -1.22. The Morgan fingerprint density at radius 3 is 3.06 bits per heavy atom. The van der Waals surface area contributed by atoms with E-state index in [0.29, 0.717) is 12.3 Å². The van der Waals surface area contributed by atoms with Crippen molar-refractivity contribution in [3.8, 4) is 5.75 Å². The first-order valence-corrected chi connectivity index (χ1v) is 5.88. The van der Waals surface area contributed by atoms with Gasteiger partial charge in [-0.3, -0.25) is 4.79 Å². The van der Waals surface area contributed by atoms with Crippen LogP contribution < -0.4 is 10.1 Å². The fourth-order valence-electron chi connectivity index (χ4n) is 1.75. The molecule has 1 atom stereocenters. The van der Waals surface area contributed by atoms with Gasteiger partial charge in [0.2, 0.25) is 5.91 Å². The van der Waals surface area contributed by atoms with E-state index in [1.54, 1.807) is 0 Å². The van der Waals surface area contributed by atoms with Crippen molar-refractivity contribution in [3.63, 3.8) is 0 Å². The van der Waals surface area contributed by atoms with Crippen LogP contribution in [-0.4, -0.2) is 17.9 Å². The summed E-state index contributed by atoms with van der Waals surface area (Å²) in [5.74, 6) is 1.34. The summed E-state index contributed by atoms with van der Waals surface area (Å²) in [4.78, 5) is 11.2. The Balaban J connectivity index is 2.26. The highest BCUT2D eigenvalue weighted by molar-refractivity contribution is 6.18. The zero-order chi connectivity index (χ0) is 11.5. The van der Waals surface area contributed by atoms with E-state index in [4.69, 9.17) is 16.3 Å². The van der Waals surface area contributed by atoms with Gasteiger partial charge in [0, 0.05) is 17.7 Å². The van der Waals surface area contributed by atoms with Gasteiger partial charge in [-0.25, -0.2) is 0 Å². The van der Waals surface area contributed by atoms with Gasteiger partial charge in [0.25, 0.3) is 0 Å². The van der Waals surface area contributed by atoms with Crippen LogP contribution in [0.5, 0.6) is 5.75 Å². The topological polar surface area (TPSA) is 38.3 Å². The summed E-state index contributed by atoms with van der Waals surface area (Å²) in [7, 11) is 0. The van der Waals surface area contributed by atoms with Crippen LogP contribution in [0.1, 0.15) is 18.9 Å². The van der Waals surface area contributed by atoms with Crippen LogP contribution in [0.2, 0.25) is 0 Å². The van der Waals surface area contributed by atoms with Crippen LogP contribution in [0.25, 0.3) is 0 Å². The number of anilines is 1. The molecule has 1 N–H and O–H groups in total. The van der Waals surface area contributed by atoms with Crippen LogP contribution >= 0.6 is 11.6 Å². The minimum absolute atomic E-state index is 0.0224. The Morgan fingerprint density at radius 1 is 1.50 bits per heavy atom. The molecule has 0 aliphatic carbocycles. The molecule has 0 aromatic heterocycles. The van der Waals surface area contributed by atoms with Crippen LogP contribution in [0, 0.1) is 0 Å². The van der Waals surface area contributed by atoms with Crippen molar-refractivity contribution in [1.82, 2.24) is 0 Å². The maximum Gasteiger partial charge on any atom is 0.224 e. The third-order valence-electron chi connectivity index (χ3n) is 2.55. The number of ether oxygens (including phenoxy) is 1. The summed E-state index contributed by atoms with van der Waals surface area (Å²) >= 11 is 5.71. The van der Waals surface area contributed by atoms with E-state index >= 15 is 0 Å². The molecule has 86 valence electrons. The monoisotopic (exact) mass is 239 g/mol. The molecule has 1 aliphatic rings. The van der Waals surface area contributed by atoms with E-state index in [-0.39, 0.29) is 12.0 Å². The molecule has 1 aromatic rings. The Kier molecular flexibility index (Phi) is 3.34. The first-order valence-electron chi connectivity index (χ1n) is 5.35. The van der Waals surface area contributed by atoms with E-state index < -0.39 is 0 Å². The molecule has 4 heteroatoms. The summed E-state index contributed by atoms with van der Waals surface area (Å²) in [6.07, 6.45) is 1.22. The SMILES string of the molecule is CC(CCl)Oc1cccc2c1CCC(=O)N2. The lowest BCUT2D eigenvalue weighted by molar-refractivity contribution is -0.116. The average Bonchev–Trinajstić information content (AvgIpc) is 2.28. The van der Waals surface area contributed by atoms with Gasteiger partial charge in [0.05, 0.1) is 5.88 Å². The highest BCUT2D eigenvalue weighted by atomic mass is 35.5. The van der Waals surface area contributed by atoms with Gasteiger partial charge in [-0.15, -0.1) is 11.6 Å². The van der Waals surface area contributed by atoms with E-state index in [0.717, 1.165) is 23.4 Å². The van der Waals surface area contributed by atoms with Gasteiger partial charge in [-0.05, 0) is 25.5 Å². The van der Waals surface area contributed by atoms with Crippen molar-refractivity contribution in [3.05, 3.63) is 23.8 Å².